The first-order valence-electron chi connectivity index (χ1n) is 5.29. The lowest BCUT2D eigenvalue weighted by Gasteiger charge is -2.24. The molecule has 1 unspecified atom stereocenters. The number of hydrogen-bond donors (Lipinski definition) is 1. The first kappa shape index (κ1) is 13.0. The molecular formula is C12H17BrN2O. The maximum absolute atomic E-state index is 12.1. The van der Waals surface area contributed by atoms with Crippen LogP contribution in [0.4, 0.5) is 5.69 Å². The summed E-state index contributed by atoms with van der Waals surface area (Å²) in [6.45, 7) is 4.09. The molecule has 0 heterocycles. The summed E-state index contributed by atoms with van der Waals surface area (Å²) in [5, 5.41) is 0. The van der Waals surface area contributed by atoms with Crippen LogP contribution >= 0.6 is 15.9 Å². The molecule has 88 valence electrons. The molecular weight excluding hydrogens is 268 g/mol. The standard InChI is InChI=1S/C12H17BrN2O/c1-4-8(2)15(3)12(16)9-5-6-11(14)10(13)7-9/h5-8H,4,14H2,1-3H3. The Kier molecular flexibility index (Phi) is 4.35. The second-order valence-electron chi connectivity index (χ2n) is 3.91. The monoisotopic (exact) mass is 284 g/mol. The number of benzene rings is 1. The molecule has 0 radical (unpaired) electrons. The van der Waals surface area contributed by atoms with Gasteiger partial charge in [-0.2, -0.15) is 0 Å². The summed E-state index contributed by atoms with van der Waals surface area (Å²) >= 11 is 3.32. The van der Waals surface area contributed by atoms with E-state index in [1.165, 1.54) is 0 Å². The average Bonchev–Trinajstić information content (AvgIpc) is 2.29. The van der Waals surface area contributed by atoms with Gasteiger partial charge in [-0.1, -0.05) is 6.92 Å². The van der Waals surface area contributed by atoms with Gasteiger partial charge in [0, 0.05) is 28.8 Å². The number of carbonyl (C=O) groups excluding carboxylic acids is 1. The van der Waals surface area contributed by atoms with Crippen molar-refractivity contribution in [1.29, 1.82) is 0 Å². The van der Waals surface area contributed by atoms with Crippen LogP contribution in [-0.2, 0) is 0 Å². The van der Waals surface area contributed by atoms with E-state index in [1.54, 1.807) is 23.1 Å². The summed E-state index contributed by atoms with van der Waals surface area (Å²) in [5.41, 5.74) is 6.98. The first-order valence-corrected chi connectivity index (χ1v) is 6.08. The molecule has 1 aromatic rings. The molecule has 0 bridgehead atoms. The summed E-state index contributed by atoms with van der Waals surface area (Å²) in [5.74, 6) is 0.0232. The third-order valence-corrected chi connectivity index (χ3v) is 3.51. The van der Waals surface area contributed by atoms with Crippen LogP contribution in [0.15, 0.2) is 22.7 Å². The van der Waals surface area contributed by atoms with Gasteiger partial charge < -0.3 is 10.6 Å². The van der Waals surface area contributed by atoms with Crippen LogP contribution in [-0.4, -0.2) is 23.9 Å². The van der Waals surface area contributed by atoms with E-state index in [0.717, 1.165) is 10.9 Å². The number of hydrogen-bond acceptors (Lipinski definition) is 2. The van der Waals surface area contributed by atoms with Crippen molar-refractivity contribution >= 4 is 27.5 Å². The second kappa shape index (κ2) is 5.34. The predicted octanol–water partition coefficient (Wildman–Crippen LogP) is 2.90. The summed E-state index contributed by atoms with van der Waals surface area (Å²) in [6, 6.07) is 5.49. The SMILES string of the molecule is CCC(C)N(C)C(=O)c1ccc(N)c(Br)c1. The number of anilines is 1. The van der Waals surface area contributed by atoms with E-state index in [2.05, 4.69) is 22.9 Å². The fourth-order valence-corrected chi connectivity index (χ4v) is 1.72. The van der Waals surface area contributed by atoms with E-state index in [0.29, 0.717) is 11.3 Å². The van der Waals surface area contributed by atoms with Crippen molar-refractivity contribution in [3.63, 3.8) is 0 Å². The lowest BCUT2D eigenvalue weighted by atomic mass is 10.1. The van der Waals surface area contributed by atoms with Crippen molar-refractivity contribution in [2.24, 2.45) is 0 Å². The van der Waals surface area contributed by atoms with Crippen LogP contribution < -0.4 is 5.73 Å². The van der Waals surface area contributed by atoms with Crippen molar-refractivity contribution in [2.45, 2.75) is 26.3 Å². The molecule has 0 aliphatic carbocycles. The van der Waals surface area contributed by atoms with Crippen molar-refractivity contribution in [1.82, 2.24) is 4.90 Å². The Morgan fingerprint density at radius 2 is 2.19 bits per heavy atom. The third-order valence-electron chi connectivity index (χ3n) is 2.82. The largest absolute Gasteiger partial charge is 0.398 e. The zero-order chi connectivity index (χ0) is 12.3. The maximum atomic E-state index is 12.1. The van der Waals surface area contributed by atoms with Gasteiger partial charge >= 0.3 is 0 Å². The summed E-state index contributed by atoms with van der Waals surface area (Å²) in [6.07, 6.45) is 0.943. The lowest BCUT2D eigenvalue weighted by Crippen LogP contribution is -2.34. The summed E-state index contributed by atoms with van der Waals surface area (Å²) in [7, 11) is 1.82. The topological polar surface area (TPSA) is 46.3 Å². The molecule has 16 heavy (non-hydrogen) atoms. The van der Waals surface area contributed by atoms with Gasteiger partial charge in [-0.25, -0.2) is 0 Å². The minimum Gasteiger partial charge on any atom is -0.398 e. The number of nitrogens with two attached hydrogens (primary N) is 1. The van der Waals surface area contributed by atoms with Crippen molar-refractivity contribution < 1.29 is 4.79 Å². The molecule has 0 aliphatic heterocycles. The van der Waals surface area contributed by atoms with E-state index < -0.39 is 0 Å². The van der Waals surface area contributed by atoms with Crippen LogP contribution in [0.25, 0.3) is 0 Å². The number of nitrogens with zero attached hydrogens (tertiary/aromatic N) is 1. The molecule has 0 saturated carbocycles. The van der Waals surface area contributed by atoms with E-state index >= 15 is 0 Å². The van der Waals surface area contributed by atoms with Gasteiger partial charge in [-0.3, -0.25) is 4.79 Å². The van der Waals surface area contributed by atoms with E-state index in [1.807, 2.05) is 14.0 Å². The Hall–Kier alpha value is -1.03. The minimum absolute atomic E-state index is 0.0232. The molecule has 2 N–H and O–H groups in total. The number of nitrogen functional groups attached to an aromatic ring is 1. The van der Waals surface area contributed by atoms with Crippen LogP contribution in [0.5, 0.6) is 0 Å². The Labute approximate surface area is 105 Å². The highest BCUT2D eigenvalue weighted by Gasteiger charge is 2.16. The van der Waals surface area contributed by atoms with Gasteiger partial charge in [-0.15, -0.1) is 0 Å². The van der Waals surface area contributed by atoms with E-state index in [4.69, 9.17) is 5.73 Å². The number of carbonyl (C=O) groups is 1. The molecule has 3 nitrogen and oxygen atoms in total. The van der Waals surface area contributed by atoms with Gasteiger partial charge in [0.2, 0.25) is 0 Å². The van der Waals surface area contributed by atoms with Gasteiger partial charge in [0.05, 0.1) is 0 Å². The maximum Gasteiger partial charge on any atom is 0.253 e. The van der Waals surface area contributed by atoms with Crippen LogP contribution in [0.1, 0.15) is 30.6 Å². The predicted molar refractivity (Wildman–Crippen MR) is 70.4 cm³/mol. The lowest BCUT2D eigenvalue weighted by molar-refractivity contribution is 0.0740. The fourth-order valence-electron chi connectivity index (χ4n) is 1.34. The zero-order valence-corrected chi connectivity index (χ0v) is 11.4. The quantitative estimate of drug-likeness (QED) is 0.868. The third kappa shape index (κ3) is 2.76. The second-order valence-corrected chi connectivity index (χ2v) is 4.76. The number of amides is 1. The van der Waals surface area contributed by atoms with Crippen molar-refractivity contribution in [3.05, 3.63) is 28.2 Å². The molecule has 0 fully saturated rings. The number of halogens is 1. The van der Waals surface area contributed by atoms with Crippen LogP contribution in [0, 0.1) is 0 Å². The van der Waals surface area contributed by atoms with E-state index in [-0.39, 0.29) is 11.9 Å². The highest BCUT2D eigenvalue weighted by atomic mass is 79.9. The molecule has 0 spiro atoms. The summed E-state index contributed by atoms with van der Waals surface area (Å²) in [4.78, 5) is 13.8. The zero-order valence-electron chi connectivity index (χ0n) is 9.83. The van der Waals surface area contributed by atoms with Crippen LogP contribution in [0.2, 0.25) is 0 Å². The van der Waals surface area contributed by atoms with Gasteiger partial charge in [0.25, 0.3) is 5.91 Å². The first-order chi connectivity index (χ1) is 7.47. The molecule has 0 saturated heterocycles. The Morgan fingerprint density at radius 1 is 1.56 bits per heavy atom. The number of rotatable bonds is 3. The molecule has 4 heteroatoms. The molecule has 0 aliphatic rings. The highest BCUT2D eigenvalue weighted by Crippen LogP contribution is 2.21. The average molecular weight is 285 g/mol. The Morgan fingerprint density at radius 3 is 2.69 bits per heavy atom. The summed E-state index contributed by atoms with van der Waals surface area (Å²) < 4.78 is 0.760. The smallest absolute Gasteiger partial charge is 0.253 e. The Bertz CT molecular complexity index is 393. The van der Waals surface area contributed by atoms with Gasteiger partial charge in [0.1, 0.15) is 0 Å². The minimum atomic E-state index is 0.0232. The molecule has 1 atom stereocenters. The highest BCUT2D eigenvalue weighted by molar-refractivity contribution is 9.10. The molecule has 0 aromatic heterocycles. The van der Waals surface area contributed by atoms with E-state index in [9.17, 15) is 4.79 Å². The van der Waals surface area contributed by atoms with Gasteiger partial charge in [-0.05, 0) is 47.5 Å². The Balaban J connectivity index is 2.92. The molecule has 1 rings (SSSR count). The van der Waals surface area contributed by atoms with Crippen molar-refractivity contribution in [3.8, 4) is 0 Å². The molecule has 1 amide bonds. The fraction of sp³-hybridized carbons (Fsp3) is 0.417. The normalized spacial score (nSPS) is 12.2. The molecule has 1 aromatic carbocycles. The van der Waals surface area contributed by atoms with Gasteiger partial charge in [0.15, 0.2) is 0 Å². The van der Waals surface area contributed by atoms with Crippen molar-refractivity contribution in [2.75, 3.05) is 12.8 Å². The van der Waals surface area contributed by atoms with Crippen LogP contribution in [0.3, 0.4) is 0 Å².